The number of nitrogens with one attached hydrogen (secondary N) is 3. The Hall–Kier alpha value is -1.48. The zero-order chi connectivity index (χ0) is 17.6. The topological polar surface area (TPSA) is 99.7 Å². The number of hydrogen-bond donors (Lipinski definition) is 4. The molecular weight excluding hydrogens is 389 g/mol. The quantitative estimate of drug-likeness (QED) is 0.267. The van der Waals surface area contributed by atoms with Crippen LogP contribution in [0.4, 0.5) is 10.5 Å². The molecule has 0 saturated heterocycles. The number of esters is 1. The molecule has 11 heteroatoms. The number of carboxylic acid groups (broad SMARTS) is 1. The van der Waals surface area contributed by atoms with Crippen molar-refractivity contribution in [2.24, 2.45) is 0 Å². The van der Waals surface area contributed by atoms with Crippen LogP contribution in [-0.2, 0) is 4.74 Å². The summed E-state index contributed by atoms with van der Waals surface area (Å²) >= 11 is 22.0. The number of ether oxygens (including phenoxy) is 1. The molecule has 0 aliphatic rings. The fourth-order valence-corrected chi connectivity index (χ4v) is 1.99. The minimum absolute atomic E-state index is 0.0147. The highest BCUT2D eigenvalue weighted by Crippen LogP contribution is 2.29. The van der Waals surface area contributed by atoms with Crippen LogP contribution in [0.2, 0.25) is 0 Å². The summed E-state index contributed by atoms with van der Waals surface area (Å²) in [5.74, 6) is -0.473. The summed E-state index contributed by atoms with van der Waals surface area (Å²) in [4.78, 5) is 22.0. The zero-order valence-electron chi connectivity index (χ0n) is 11.6. The molecule has 1 rings (SSSR count). The fraction of sp³-hybridized carbons (Fsp3) is 0.250. The molecule has 1 aromatic rings. The molecule has 4 N–H and O–H groups in total. The van der Waals surface area contributed by atoms with Crippen molar-refractivity contribution >= 4 is 69.9 Å². The van der Waals surface area contributed by atoms with E-state index >= 15 is 0 Å². The van der Waals surface area contributed by atoms with Gasteiger partial charge in [-0.3, -0.25) is 5.32 Å². The first kappa shape index (κ1) is 19.6. The maximum absolute atomic E-state index is 11.3. The molecule has 0 heterocycles. The van der Waals surface area contributed by atoms with Crippen molar-refractivity contribution in [3.8, 4) is 0 Å². The average Bonchev–Trinajstić information content (AvgIpc) is 2.45. The lowest BCUT2D eigenvalue weighted by molar-refractivity contribution is 0.0600. The highest BCUT2D eigenvalue weighted by molar-refractivity contribution is 7.80. The second kappa shape index (κ2) is 8.39. The largest absolute Gasteiger partial charge is 0.465 e. The third kappa shape index (κ3) is 6.66. The van der Waals surface area contributed by atoms with E-state index in [9.17, 15) is 9.59 Å². The lowest BCUT2D eigenvalue weighted by Gasteiger charge is -2.26. The highest BCUT2D eigenvalue weighted by Gasteiger charge is 2.34. The summed E-state index contributed by atoms with van der Waals surface area (Å²) in [6.45, 7) is 0. The lowest BCUT2D eigenvalue weighted by Crippen LogP contribution is -2.55. The second-order valence-electron chi connectivity index (χ2n) is 4.09. The molecule has 0 aliphatic heterocycles. The Balaban J connectivity index is 2.71. The molecule has 126 valence electrons. The average molecular weight is 401 g/mol. The Labute approximate surface area is 152 Å². The van der Waals surface area contributed by atoms with Gasteiger partial charge in [-0.15, -0.1) is 0 Å². The van der Waals surface area contributed by atoms with Gasteiger partial charge in [-0.2, -0.15) is 0 Å². The molecule has 7 nitrogen and oxygen atoms in total. The third-order valence-electron chi connectivity index (χ3n) is 2.43. The third-order valence-corrected chi connectivity index (χ3v) is 3.31. The van der Waals surface area contributed by atoms with Crippen LogP contribution in [0.1, 0.15) is 10.4 Å². The molecule has 1 atom stereocenters. The van der Waals surface area contributed by atoms with Gasteiger partial charge in [0.1, 0.15) is 0 Å². The molecule has 0 fully saturated rings. The van der Waals surface area contributed by atoms with Crippen molar-refractivity contribution in [2.45, 2.75) is 9.96 Å². The highest BCUT2D eigenvalue weighted by atomic mass is 35.6. The van der Waals surface area contributed by atoms with Gasteiger partial charge < -0.3 is 20.5 Å². The van der Waals surface area contributed by atoms with E-state index in [0.717, 1.165) is 0 Å². The van der Waals surface area contributed by atoms with E-state index in [1.165, 1.54) is 19.2 Å². The number of amides is 1. The van der Waals surface area contributed by atoms with Gasteiger partial charge in [0.2, 0.25) is 3.79 Å². The van der Waals surface area contributed by atoms with E-state index in [0.29, 0.717) is 11.3 Å². The summed E-state index contributed by atoms with van der Waals surface area (Å²) in [6.07, 6.45) is -2.65. The summed E-state index contributed by atoms with van der Waals surface area (Å²) in [6, 6.07) is 6.21. The second-order valence-corrected chi connectivity index (χ2v) is 6.87. The van der Waals surface area contributed by atoms with Crippen LogP contribution in [0.5, 0.6) is 0 Å². The molecule has 0 spiro atoms. The van der Waals surface area contributed by atoms with Crippen molar-refractivity contribution in [1.29, 1.82) is 0 Å². The Morgan fingerprint density at radius 1 is 1.22 bits per heavy atom. The first-order valence-corrected chi connectivity index (χ1v) is 7.49. The molecule has 1 amide bonds. The van der Waals surface area contributed by atoms with Gasteiger partial charge in [0, 0.05) is 5.69 Å². The molecule has 23 heavy (non-hydrogen) atoms. The van der Waals surface area contributed by atoms with Crippen molar-refractivity contribution < 1.29 is 19.4 Å². The van der Waals surface area contributed by atoms with E-state index < -0.39 is 22.0 Å². The van der Waals surface area contributed by atoms with Gasteiger partial charge in [0.15, 0.2) is 11.3 Å². The standard InChI is InChI=1S/C12H12Cl3N3O4S/c1-22-8(19)6-2-4-7(5-3-6)16-10(23)17-9(12(13,14)15)18-11(20)21/h2-5,9,18H,1H3,(H,20,21)(H2,16,17,23). The van der Waals surface area contributed by atoms with Gasteiger partial charge in [-0.25, -0.2) is 9.59 Å². The van der Waals surface area contributed by atoms with Crippen molar-refractivity contribution in [1.82, 2.24) is 10.6 Å². The molecular formula is C12H12Cl3N3O4S. The lowest BCUT2D eigenvalue weighted by atomic mass is 10.2. The van der Waals surface area contributed by atoms with E-state index in [-0.39, 0.29) is 5.11 Å². The van der Waals surface area contributed by atoms with Gasteiger partial charge in [-0.05, 0) is 36.5 Å². The zero-order valence-corrected chi connectivity index (χ0v) is 14.7. The van der Waals surface area contributed by atoms with E-state index in [4.69, 9.17) is 52.1 Å². The number of halogens is 3. The number of hydrogen-bond acceptors (Lipinski definition) is 4. The number of benzene rings is 1. The number of rotatable bonds is 4. The van der Waals surface area contributed by atoms with Crippen LogP contribution < -0.4 is 16.0 Å². The first-order chi connectivity index (χ1) is 10.6. The van der Waals surface area contributed by atoms with Crippen molar-refractivity contribution in [2.75, 3.05) is 12.4 Å². The Morgan fingerprint density at radius 3 is 2.22 bits per heavy atom. The van der Waals surface area contributed by atoms with Crippen LogP contribution >= 0.6 is 47.0 Å². The smallest absolute Gasteiger partial charge is 0.406 e. The summed E-state index contributed by atoms with van der Waals surface area (Å²) in [5, 5.41) is 16.0. The fourth-order valence-electron chi connectivity index (χ4n) is 1.43. The van der Waals surface area contributed by atoms with Crippen LogP contribution in [0.25, 0.3) is 0 Å². The predicted octanol–water partition coefficient (Wildman–Crippen LogP) is 2.72. The van der Waals surface area contributed by atoms with Crippen LogP contribution in [0.15, 0.2) is 24.3 Å². The number of carbonyl (C=O) groups is 2. The normalized spacial score (nSPS) is 12.0. The minimum atomic E-state index is -1.96. The van der Waals surface area contributed by atoms with Gasteiger partial charge in [0.05, 0.1) is 12.7 Å². The van der Waals surface area contributed by atoms with Crippen LogP contribution in [0.3, 0.4) is 0 Å². The van der Waals surface area contributed by atoms with E-state index in [1.54, 1.807) is 12.1 Å². The Kier molecular flexibility index (Phi) is 7.14. The van der Waals surface area contributed by atoms with Gasteiger partial charge in [0.25, 0.3) is 0 Å². The Bertz CT molecular complexity index is 592. The van der Waals surface area contributed by atoms with E-state index in [1.807, 2.05) is 5.32 Å². The summed E-state index contributed by atoms with van der Waals surface area (Å²) < 4.78 is 2.62. The number of carbonyl (C=O) groups excluding carboxylic acids is 1. The maximum atomic E-state index is 11.3. The minimum Gasteiger partial charge on any atom is -0.465 e. The maximum Gasteiger partial charge on any atom is 0.406 e. The van der Waals surface area contributed by atoms with Crippen LogP contribution in [-0.4, -0.2) is 39.3 Å². The number of alkyl halides is 3. The summed E-state index contributed by atoms with van der Waals surface area (Å²) in [7, 11) is 1.28. The Morgan fingerprint density at radius 2 is 1.78 bits per heavy atom. The predicted molar refractivity (Wildman–Crippen MR) is 92.4 cm³/mol. The molecule has 0 aromatic heterocycles. The first-order valence-electron chi connectivity index (χ1n) is 5.95. The van der Waals surface area contributed by atoms with Crippen molar-refractivity contribution in [3.63, 3.8) is 0 Å². The molecule has 1 unspecified atom stereocenters. The monoisotopic (exact) mass is 399 g/mol. The molecule has 1 aromatic carbocycles. The molecule has 0 radical (unpaired) electrons. The number of methoxy groups -OCH3 is 1. The van der Waals surface area contributed by atoms with Gasteiger partial charge in [-0.1, -0.05) is 34.8 Å². The molecule has 0 aliphatic carbocycles. The van der Waals surface area contributed by atoms with Gasteiger partial charge >= 0.3 is 12.1 Å². The SMILES string of the molecule is COC(=O)c1ccc(NC(=S)NC(NC(=O)O)C(Cl)(Cl)Cl)cc1. The number of thiocarbonyl (C=S) groups is 1. The molecule has 0 saturated carbocycles. The molecule has 0 bridgehead atoms. The van der Waals surface area contributed by atoms with E-state index in [2.05, 4.69) is 15.4 Å². The van der Waals surface area contributed by atoms with Crippen LogP contribution in [0, 0.1) is 0 Å². The summed E-state index contributed by atoms with van der Waals surface area (Å²) in [5.41, 5.74) is 0.900. The number of anilines is 1. The van der Waals surface area contributed by atoms with Crippen molar-refractivity contribution in [3.05, 3.63) is 29.8 Å².